The third-order valence-corrected chi connectivity index (χ3v) is 9.59. The molecule has 9 rings (SSSR count). The van der Waals surface area contributed by atoms with Crippen LogP contribution in [-0.4, -0.2) is 9.13 Å². The van der Waals surface area contributed by atoms with Crippen LogP contribution >= 0.6 is 0 Å². The summed E-state index contributed by atoms with van der Waals surface area (Å²) in [6.45, 7) is 8.18. The van der Waals surface area contributed by atoms with E-state index in [0.717, 1.165) is 77.2 Å². The van der Waals surface area contributed by atoms with Gasteiger partial charge in [0.25, 0.3) is 0 Å². The second-order valence-electron chi connectivity index (χ2n) is 12.3. The second-order valence-corrected chi connectivity index (χ2v) is 12.3. The van der Waals surface area contributed by atoms with Gasteiger partial charge in [0.05, 0.1) is 57.6 Å². The fourth-order valence-corrected chi connectivity index (χ4v) is 7.45. The highest BCUT2D eigenvalue weighted by atomic mass is 15.0. The Morgan fingerprint density at radius 3 is 1.96 bits per heavy atom. The van der Waals surface area contributed by atoms with E-state index in [1.54, 1.807) is 0 Å². The quantitative estimate of drug-likeness (QED) is 0.181. The van der Waals surface area contributed by atoms with Crippen molar-refractivity contribution >= 4 is 49.3 Å². The first-order valence-electron chi connectivity index (χ1n) is 16.3. The van der Waals surface area contributed by atoms with E-state index >= 15 is 0 Å². The summed E-state index contributed by atoms with van der Waals surface area (Å²) in [4.78, 5) is 4.00. The average Bonchev–Trinajstić information content (AvgIpc) is 3.70. The Morgan fingerprint density at radius 1 is 0.500 bits per heavy atom. The molecule has 0 aliphatic carbocycles. The van der Waals surface area contributed by atoms with Crippen molar-refractivity contribution in [1.82, 2.24) is 9.13 Å². The van der Waals surface area contributed by atoms with E-state index in [2.05, 4.69) is 111 Å². The molecule has 0 saturated carbocycles. The molecule has 0 unspecified atom stereocenters. The zero-order chi connectivity index (χ0) is 33.8. The highest BCUT2D eigenvalue weighted by molar-refractivity contribution is 6.12. The smallest absolute Gasteiger partial charge is 0.211 e. The van der Waals surface area contributed by atoms with Crippen LogP contribution in [0.4, 0.5) is 5.69 Å². The lowest BCUT2D eigenvalue weighted by Gasteiger charge is -2.17. The molecular formula is C45H25N5. The summed E-state index contributed by atoms with van der Waals surface area (Å²) in [7, 11) is 0. The minimum atomic E-state index is 0.546. The Bertz CT molecular complexity index is 2970. The molecule has 9 aromatic rings. The summed E-state index contributed by atoms with van der Waals surface area (Å²) in [5.41, 5.74) is 11.6. The van der Waals surface area contributed by atoms with Crippen LogP contribution in [0.15, 0.2) is 152 Å². The molecule has 0 aliphatic rings. The van der Waals surface area contributed by atoms with E-state index in [1.165, 1.54) is 0 Å². The summed E-state index contributed by atoms with van der Waals surface area (Å²) >= 11 is 0. The minimum absolute atomic E-state index is 0.546. The van der Waals surface area contributed by atoms with Crippen molar-refractivity contribution in [2.24, 2.45) is 0 Å². The van der Waals surface area contributed by atoms with Crippen LogP contribution in [-0.2, 0) is 0 Å². The molecule has 2 aromatic heterocycles. The maximum absolute atomic E-state index is 9.94. The fourth-order valence-electron chi connectivity index (χ4n) is 7.45. The normalized spacial score (nSPS) is 11.1. The molecule has 7 aromatic carbocycles. The Morgan fingerprint density at radius 2 is 1.16 bits per heavy atom. The summed E-state index contributed by atoms with van der Waals surface area (Å²) in [5.74, 6) is 0. The van der Waals surface area contributed by atoms with E-state index in [9.17, 15) is 10.5 Å². The molecule has 5 nitrogen and oxygen atoms in total. The topological polar surface area (TPSA) is 61.8 Å². The van der Waals surface area contributed by atoms with Gasteiger partial charge in [0.15, 0.2) is 0 Å². The van der Waals surface area contributed by atoms with E-state index in [0.29, 0.717) is 16.8 Å². The molecule has 0 aliphatic heterocycles. The third-order valence-electron chi connectivity index (χ3n) is 9.59. The summed E-state index contributed by atoms with van der Waals surface area (Å²) < 4.78 is 4.40. The minimum Gasteiger partial charge on any atom is -0.318 e. The summed E-state index contributed by atoms with van der Waals surface area (Å²) in [6.07, 6.45) is 0. The predicted octanol–water partition coefficient (Wildman–Crippen LogP) is 11.5. The maximum Gasteiger partial charge on any atom is 0.211 e. The Labute approximate surface area is 288 Å². The lowest BCUT2D eigenvalue weighted by molar-refractivity contribution is 1.18. The van der Waals surface area contributed by atoms with Crippen LogP contribution in [0.3, 0.4) is 0 Å². The number of aromatic nitrogens is 2. The second kappa shape index (κ2) is 11.4. The fraction of sp³-hybridized carbons (Fsp3) is 0. The van der Waals surface area contributed by atoms with Crippen molar-refractivity contribution in [3.63, 3.8) is 0 Å². The van der Waals surface area contributed by atoms with Gasteiger partial charge in [-0.05, 0) is 82.9 Å². The molecule has 0 bridgehead atoms. The molecular weight excluding hydrogens is 611 g/mol. The molecule has 0 radical (unpaired) electrons. The molecule has 0 spiro atoms. The van der Waals surface area contributed by atoms with Crippen LogP contribution < -0.4 is 0 Å². The zero-order valence-electron chi connectivity index (χ0n) is 26.7. The lowest BCUT2D eigenvalue weighted by Crippen LogP contribution is -1.98. The Kier molecular flexibility index (Phi) is 6.56. The number of nitrogens with zero attached hydrogens (tertiary/aromatic N) is 5. The number of hydrogen-bond donors (Lipinski definition) is 0. The van der Waals surface area contributed by atoms with E-state index in [1.807, 2.05) is 66.7 Å². The number of fused-ring (bicyclic) bond motifs is 6. The van der Waals surface area contributed by atoms with Gasteiger partial charge in [-0.3, -0.25) is 0 Å². The number of benzene rings is 7. The van der Waals surface area contributed by atoms with Crippen molar-refractivity contribution in [1.29, 1.82) is 10.5 Å². The van der Waals surface area contributed by atoms with Gasteiger partial charge in [0, 0.05) is 27.2 Å². The molecule has 5 heteroatoms. The molecule has 230 valence electrons. The van der Waals surface area contributed by atoms with Crippen LogP contribution in [0, 0.1) is 29.2 Å². The van der Waals surface area contributed by atoms with E-state index in [-0.39, 0.29) is 0 Å². The van der Waals surface area contributed by atoms with Crippen molar-refractivity contribution in [3.05, 3.63) is 174 Å². The van der Waals surface area contributed by atoms with E-state index < -0.39 is 0 Å². The van der Waals surface area contributed by atoms with Gasteiger partial charge >= 0.3 is 0 Å². The first-order chi connectivity index (χ1) is 24.7. The van der Waals surface area contributed by atoms with Gasteiger partial charge in [-0.25, -0.2) is 4.85 Å². The van der Waals surface area contributed by atoms with Gasteiger partial charge in [-0.1, -0.05) is 91.0 Å². The van der Waals surface area contributed by atoms with Crippen LogP contribution in [0.25, 0.3) is 82.1 Å². The number of hydrogen-bond acceptors (Lipinski definition) is 2. The predicted molar refractivity (Wildman–Crippen MR) is 202 cm³/mol. The van der Waals surface area contributed by atoms with Gasteiger partial charge < -0.3 is 9.13 Å². The molecule has 0 atom stereocenters. The van der Waals surface area contributed by atoms with Crippen LogP contribution in [0.5, 0.6) is 0 Å². The van der Waals surface area contributed by atoms with Crippen molar-refractivity contribution in [2.45, 2.75) is 0 Å². The highest BCUT2D eigenvalue weighted by Gasteiger charge is 2.20. The number of para-hydroxylation sites is 3. The first-order valence-corrected chi connectivity index (χ1v) is 16.3. The SMILES string of the molecule is [C-]#[N+]c1cccc(-c2cccc(-c3cccc(-n4c5ccccc5c5c(C#N)cccc54)c3)c2)c1-n1c2ccccc2c2cc(C#N)ccc21. The van der Waals surface area contributed by atoms with Gasteiger partial charge in [-0.15, -0.1) is 0 Å². The molecule has 0 amide bonds. The Hall–Kier alpha value is -7.39. The largest absolute Gasteiger partial charge is 0.318 e. The monoisotopic (exact) mass is 635 g/mol. The molecule has 2 heterocycles. The third kappa shape index (κ3) is 4.31. The zero-order valence-corrected chi connectivity index (χ0v) is 26.7. The van der Waals surface area contributed by atoms with Crippen molar-refractivity contribution < 1.29 is 0 Å². The maximum atomic E-state index is 9.94. The van der Waals surface area contributed by atoms with Crippen molar-refractivity contribution in [3.8, 4) is 45.8 Å². The molecule has 0 saturated heterocycles. The van der Waals surface area contributed by atoms with E-state index in [4.69, 9.17) is 6.57 Å². The van der Waals surface area contributed by atoms with Crippen molar-refractivity contribution in [2.75, 3.05) is 0 Å². The molecule has 50 heavy (non-hydrogen) atoms. The standard InChI is InChI=1S/C45H25N5/c1-48-39-18-9-17-35(45(39)50-40-19-4-2-15-36(40)38-24-29(27-46)22-23-42(38)50)32-12-6-10-30(25-32)31-11-7-14-34(26-31)49-41-20-5-3-16-37(41)44-33(28-47)13-8-21-43(44)49/h2-26H. The average molecular weight is 636 g/mol. The highest BCUT2D eigenvalue weighted by Crippen LogP contribution is 2.42. The van der Waals surface area contributed by atoms with Crippen LogP contribution in [0.2, 0.25) is 0 Å². The summed E-state index contributed by atoms with van der Waals surface area (Å²) in [6, 6.07) is 55.5. The van der Waals surface area contributed by atoms with Gasteiger partial charge in [-0.2, -0.15) is 10.5 Å². The van der Waals surface area contributed by atoms with Gasteiger partial charge in [0.2, 0.25) is 5.69 Å². The summed E-state index contributed by atoms with van der Waals surface area (Å²) in [5, 5.41) is 23.6. The Balaban J connectivity index is 1.23. The lowest BCUT2D eigenvalue weighted by atomic mass is 9.97. The number of rotatable bonds is 4. The van der Waals surface area contributed by atoms with Gasteiger partial charge in [0.1, 0.15) is 0 Å². The molecule has 0 fully saturated rings. The number of nitriles is 2. The molecule has 0 N–H and O–H groups in total. The van der Waals surface area contributed by atoms with Crippen LogP contribution in [0.1, 0.15) is 11.1 Å². The first kappa shape index (κ1) is 28.8.